The largest absolute Gasteiger partial charge is 0.416 e. The first-order chi connectivity index (χ1) is 13.9. The average molecular weight is 410 g/mol. The summed E-state index contributed by atoms with van der Waals surface area (Å²) in [6.07, 6.45) is -4.35. The fraction of sp³-hybridized carbons (Fsp3) is 0.0870. The number of rotatable bonds is 3. The summed E-state index contributed by atoms with van der Waals surface area (Å²) in [5.41, 5.74) is 0.928. The van der Waals surface area contributed by atoms with Gasteiger partial charge in [0, 0.05) is 12.2 Å². The van der Waals surface area contributed by atoms with Crippen LogP contribution in [-0.2, 0) is 12.7 Å². The number of fused-ring (bicyclic) bond motifs is 2. The summed E-state index contributed by atoms with van der Waals surface area (Å²) in [5, 5.41) is 11.0. The van der Waals surface area contributed by atoms with E-state index in [0.717, 1.165) is 39.2 Å². The minimum absolute atomic E-state index is 0.349. The van der Waals surface area contributed by atoms with Crippen molar-refractivity contribution in [1.82, 2.24) is 5.32 Å². The number of nitrogens with one attached hydrogen (secondary N) is 2. The molecule has 0 unspecified atom stereocenters. The third-order valence-electron chi connectivity index (χ3n) is 4.78. The summed E-state index contributed by atoms with van der Waals surface area (Å²) in [6, 6.07) is 23.3. The first-order valence-corrected chi connectivity index (χ1v) is 9.44. The fourth-order valence-corrected chi connectivity index (χ4v) is 3.57. The summed E-state index contributed by atoms with van der Waals surface area (Å²) in [5.74, 6) is 0. The van der Waals surface area contributed by atoms with Crippen LogP contribution in [0.1, 0.15) is 11.1 Å². The van der Waals surface area contributed by atoms with E-state index in [-0.39, 0.29) is 0 Å². The van der Waals surface area contributed by atoms with Crippen LogP contribution >= 0.6 is 12.2 Å². The quantitative estimate of drug-likeness (QED) is 0.298. The van der Waals surface area contributed by atoms with Crippen LogP contribution in [0.25, 0.3) is 21.5 Å². The van der Waals surface area contributed by atoms with E-state index in [0.29, 0.717) is 17.3 Å². The molecule has 6 heteroatoms. The first kappa shape index (κ1) is 19.2. The highest BCUT2D eigenvalue weighted by Gasteiger charge is 2.29. The Hall–Kier alpha value is -3.12. The van der Waals surface area contributed by atoms with Crippen LogP contribution in [0.5, 0.6) is 0 Å². The molecule has 0 aromatic heterocycles. The van der Waals surface area contributed by atoms with E-state index in [1.807, 2.05) is 24.3 Å². The molecule has 0 heterocycles. The smallest absolute Gasteiger partial charge is 0.358 e. The molecule has 0 saturated carbocycles. The van der Waals surface area contributed by atoms with Crippen LogP contribution in [0.3, 0.4) is 0 Å². The maximum Gasteiger partial charge on any atom is 0.416 e. The molecule has 0 aliphatic rings. The second kappa shape index (κ2) is 7.72. The zero-order valence-corrected chi connectivity index (χ0v) is 16.1. The lowest BCUT2D eigenvalue weighted by Gasteiger charge is -2.15. The number of hydrogen-bond donors (Lipinski definition) is 2. The Morgan fingerprint density at radius 1 is 0.793 bits per heavy atom. The lowest BCUT2D eigenvalue weighted by Crippen LogP contribution is -2.28. The van der Waals surface area contributed by atoms with Crippen molar-refractivity contribution in [1.29, 1.82) is 0 Å². The van der Waals surface area contributed by atoms with E-state index >= 15 is 0 Å². The van der Waals surface area contributed by atoms with Gasteiger partial charge in [-0.2, -0.15) is 13.2 Å². The Morgan fingerprint density at radius 3 is 1.90 bits per heavy atom. The summed E-state index contributed by atoms with van der Waals surface area (Å²) in [4.78, 5) is 0. The van der Waals surface area contributed by atoms with Crippen LogP contribution < -0.4 is 10.6 Å². The zero-order valence-electron chi connectivity index (χ0n) is 15.3. The molecule has 0 saturated heterocycles. The molecule has 0 amide bonds. The average Bonchev–Trinajstić information content (AvgIpc) is 2.71. The molecule has 2 nitrogen and oxygen atoms in total. The van der Waals surface area contributed by atoms with Gasteiger partial charge in [-0.3, -0.25) is 0 Å². The number of alkyl halides is 3. The fourth-order valence-electron chi connectivity index (χ4n) is 3.38. The van der Waals surface area contributed by atoms with Crippen LogP contribution in [0.2, 0.25) is 0 Å². The van der Waals surface area contributed by atoms with Crippen LogP contribution in [0.4, 0.5) is 18.9 Å². The van der Waals surface area contributed by atoms with Crippen molar-refractivity contribution in [2.45, 2.75) is 12.7 Å². The molecular weight excluding hydrogens is 393 g/mol. The van der Waals surface area contributed by atoms with Gasteiger partial charge in [-0.25, -0.2) is 0 Å². The van der Waals surface area contributed by atoms with Gasteiger partial charge in [-0.1, -0.05) is 48.5 Å². The Balaban J connectivity index is 1.54. The third-order valence-corrected chi connectivity index (χ3v) is 5.03. The molecule has 4 aromatic rings. The monoisotopic (exact) mass is 410 g/mol. The van der Waals surface area contributed by atoms with E-state index in [1.54, 1.807) is 0 Å². The molecule has 0 atom stereocenters. The lowest BCUT2D eigenvalue weighted by atomic mass is 9.97. The minimum atomic E-state index is -4.35. The molecule has 4 rings (SSSR count). The van der Waals surface area contributed by atoms with Crippen molar-refractivity contribution in [2.24, 2.45) is 0 Å². The molecule has 0 aliphatic carbocycles. The van der Waals surface area contributed by atoms with Gasteiger partial charge < -0.3 is 10.6 Å². The molecule has 4 aromatic carbocycles. The summed E-state index contributed by atoms with van der Waals surface area (Å²) >= 11 is 5.34. The maximum absolute atomic E-state index is 12.7. The van der Waals surface area contributed by atoms with Crippen LogP contribution in [0.15, 0.2) is 78.9 Å². The molecule has 0 radical (unpaired) electrons. The molecule has 0 fully saturated rings. The SMILES string of the molecule is FC(F)(F)c1ccc(NC(=S)NCc2c3ccccc3cc3ccccc23)cc1. The Bertz CT molecular complexity index is 1130. The third kappa shape index (κ3) is 4.17. The topological polar surface area (TPSA) is 24.1 Å². The molecule has 2 N–H and O–H groups in total. The normalized spacial score (nSPS) is 11.6. The second-order valence-corrected chi connectivity index (χ2v) is 7.09. The molecule has 0 aliphatic heterocycles. The van der Waals surface area contributed by atoms with Gasteiger partial charge in [0.1, 0.15) is 0 Å². The zero-order chi connectivity index (χ0) is 20.4. The van der Waals surface area contributed by atoms with Crippen molar-refractivity contribution in [3.05, 3.63) is 90.0 Å². The molecule has 29 heavy (non-hydrogen) atoms. The van der Waals surface area contributed by atoms with E-state index in [4.69, 9.17) is 12.2 Å². The number of benzene rings is 4. The Kier molecular flexibility index (Phi) is 5.11. The molecular formula is C23H17F3N2S. The Labute approximate surface area is 171 Å². The molecule has 0 spiro atoms. The van der Waals surface area contributed by atoms with Gasteiger partial charge in [0.05, 0.1) is 5.56 Å². The summed E-state index contributed by atoms with van der Waals surface area (Å²) in [7, 11) is 0. The standard InChI is InChI=1S/C23H17F3N2S/c24-23(25,26)17-9-11-18(12-10-17)28-22(29)27-14-21-19-7-3-1-5-15(19)13-16-6-2-4-8-20(16)21/h1-13H,14H2,(H2,27,28,29). The van der Waals surface area contributed by atoms with Gasteiger partial charge in [-0.05, 0) is 69.7 Å². The first-order valence-electron chi connectivity index (χ1n) is 9.03. The van der Waals surface area contributed by atoms with Gasteiger partial charge in [-0.15, -0.1) is 0 Å². The van der Waals surface area contributed by atoms with E-state index < -0.39 is 11.7 Å². The molecule has 0 bridgehead atoms. The second-order valence-electron chi connectivity index (χ2n) is 6.68. The highest BCUT2D eigenvalue weighted by Crippen LogP contribution is 2.30. The minimum Gasteiger partial charge on any atom is -0.358 e. The van der Waals surface area contributed by atoms with Crippen molar-refractivity contribution in [3.8, 4) is 0 Å². The number of thiocarbonyl (C=S) groups is 1. The van der Waals surface area contributed by atoms with Gasteiger partial charge in [0.25, 0.3) is 0 Å². The van der Waals surface area contributed by atoms with Crippen molar-refractivity contribution in [2.75, 3.05) is 5.32 Å². The predicted molar refractivity (Wildman–Crippen MR) is 116 cm³/mol. The van der Waals surface area contributed by atoms with Crippen molar-refractivity contribution in [3.63, 3.8) is 0 Å². The van der Waals surface area contributed by atoms with Crippen molar-refractivity contribution >= 4 is 44.6 Å². The van der Waals surface area contributed by atoms with E-state index in [9.17, 15) is 13.2 Å². The highest BCUT2D eigenvalue weighted by atomic mass is 32.1. The van der Waals surface area contributed by atoms with E-state index in [1.165, 1.54) is 12.1 Å². The van der Waals surface area contributed by atoms with Gasteiger partial charge in [0.2, 0.25) is 0 Å². The van der Waals surface area contributed by atoms with Crippen LogP contribution in [-0.4, -0.2) is 5.11 Å². The number of halogens is 3. The molecule has 146 valence electrons. The highest BCUT2D eigenvalue weighted by molar-refractivity contribution is 7.80. The Morgan fingerprint density at radius 2 is 1.34 bits per heavy atom. The predicted octanol–water partition coefficient (Wildman–Crippen LogP) is 6.50. The number of anilines is 1. The summed E-state index contributed by atoms with van der Waals surface area (Å²) in [6.45, 7) is 0.494. The van der Waals surface area contributed by atoms with Crippen LogP contribution in [0, 0.1) is 0 Å². The van der Waals surface area contributed by atoms with Crippen molar-refractivity contribution < 1.29 is 13.2 Å². The van der Waals surface area contributed by atoms with Gasteiger partial charge >= 0.3 is 6.18 Å². The lowest BCUT2D eigenvalue weighted by molar-refractivity contribution is -0.137. The number of hydrogen-bond acceptors (Lipinski definition) is 1. The maximum atomic E-state index is 12.7. The summed E-state index contributed by atoms with van der Waals surface area (Å²) < 4.78 is 38.1. The van der Waals surface area contributed by atoms with E-state index in [2.05, 4.69) is 41.0 Å². The van der Waals surface area contributed by atoms with Gasteiger partial charge in [0.15, 0.2) is 5.11 Å².